The maximum absolute atomic E-state index is 11.2. The van der Waals surface area contributed by atoms with Gasteiger partial charge in [-0.15, -0.1) is 0 Å². The number of rotatable bonds is 5. The molecule has 0 spiro atoms. The van der Waals surface area contributed by atoms with Gasteiger partial charge in [0.1, 0.15) is 0 Å². The molecule has 3 atom stereocenters. The van der Waals surface area contributed by atoms with Crippen LogP contribution in [0.15, 0.2) is 23.4 Å². The molecular formula is C16H23NO4. The lowest BCUT2D eigenvalue weighted by Gasteiger charge is -2.22. The lowest BCUT2D eigenvalue weighted by molar-refractivity contribution is -0.420. The van der Waals surface area contributed by atoms with Crippen LogP contribution < -0.4 is 0 Å². The van der Waals surface area contributed by atoms with E-state index >= 15 is 0 Å². The summed E-state index contributed by atoms with van der Waals surface area (Å²) in [6.45, 7) is 3.26. The Labute approximate surface area is 125 Å². The van der Waals surface area contributed by atoms with Crippen LogP contribution in [0.4, 0.5) is 0 Å². The summed E-state index contributed by atoms with van der Waals surface area (Å²) in [4.78, 5) is 11.0. The molecule has 0 saturated carbocycles. The van der Waals surface area contributed by atoms with Gasteiger partial charge in [0, 0.05) is 38.1 Å². The molecule has 5 nitrogen and oxygen atoms in total. The van der Waals surface area contributed by atoms with Gasteiger partial charge in [0.05, 0.1) is 4.92 Å². The van der Waals surface area contributed by atoms with Crippen molar-refractivity contribution in [2.45, 2.75) is 32.1 Å². The zero-order chi connectivity index (χ0) is 14.7. The molecule has 0 aromatic carbocycles. The van der Waals surface area contributed by atoms with Crippen molar-refractivity contribution in [1.82, 2.24) is 0 Å². The van der Waals surface area contributed by atoms with Gasteiger partial charge in [-0.3, -0.25) is 10.1 Å². The summed E-state index contributed by atoms with van der Waals surface area (Å²) in [6, 6.07) is 0. The van der Waals surface area contributed by atoms with Crippen LogP contribution in [-0.2, 0) is 9.47 Å². The molecule has 116 valence electrons. The summed E-state index contributed by atoms with van der Waals surface area (Å²) in [5.74, 6) is 1.50. The van der Waals surface area contributed by atoms with Gasteiger partial charge in [-0.05, 0) is 49.9 Å². The van der Waals surface area contributed by atoms with Gasteiger partial charge in [-0.25, -0.2) is 0 Å². The summed E-state index contributed by atoms with van der Waals surface area (Å²) in [5, 5.41) is 11.2. The highest BCUT2D eigenvalue weighted by Gasteiger charge is 2.29. The van der Waals surface area contributed by atoms with E-state index in [4.69, 9.17) is 9.47 Å². The zero-order valence-electron chi connectivity index (χ0n) is 12.3. The largest absolute Gasteiger partial charge is 0.381 e. The molecule has 3 unspecified atom stereocenters. The molecule has 0 aromatic heterocycles. The molecule has 2 aliphatic heterocycles. The number of nitro groups is 1. The van der Waals surface area contributed by atoms with E-state index in [1.807, 2.05) is 6.08 Å². The van der Waals surface area contributed by atoms with E-state index in [9.17, 15) is 10.1 Å². The van der Waals surface area contributed by atoms with E-state index in [0.29, 0.717) is 23.5 Å². The van der Waals surface area contributed by atoms with Gasteiger partial charge in [0.2, 0.25) is 0 Å². The van der Waals surface area contributed by atoms with Gasteiger partial charge in [-0.2, -0.15) is 0 Å². The maximum atomic E-state index is 11.2. The van der Waals surface area contributed by atoms with Crippen molar-refractivity contribution in [3.63, 3.8) is 0 Å². The van der Waals surface area contributed by atoms with Gasteiger partial charge in [0.15, 0.2) is 0 Å². The van der Waals surface area contributed by atoms with E-state index in [0.717, 1.165) is 64.1 Å². The van der Waals surface area contributed by atoms with Crippen molar-refractivity contribution in [1.29, 1.82) is 0 Å². The first-order valence-electron chi connectivity index (χ1n) is 7.92. The van der Waals surface area contributed by atoms with Gasteiger partial charge >= 0.3 is 0 Å². The smallest absolute Gasteiger partial charge is 0.268 e. The molecule has 0 N–H and O–H groups in total. The van der Waals surface area contributed by atoms with Crippen molar-refractivity contribution in [3.05, 3.63) is 33.5 Å². The Hall–Kier alpha value is -1.20. The lowest BCUT2D eigenvalue weighted by atomic mass is 9.82. The summed E-state index contributed by atoms with van der Waals surface area (Å²) in [5.41, 5.74) is 1.34. The molecule has 0 aromatic rings. The molecule has 2 heterocycles. The highest BCUT2D eigenvalue weighted by atomic mass is 16.6. The first kappa shape index (κ1) is 14.7. The predicted molar refractivity (Wildman–Crippen MR) is 78.4 cm³/mol. The molecule has 3 aliphatic rings. The van der Waals surface area contributed by atoms with Crippen molar-refractivity contribution in [3.8, 4) is 0 Å². The third-order valence-corrected chi connectivity index (χ3v) is 4.81. The highest BCUT2D eigenvalue weighted by Crippen LogP contribution is 2.35. The standard InChI is InChI=1S/C16H23NO4/c18-17(19)16-2-1-12(7-13-3-5-20-10-13)8-15(16)9-14-4-6-21-11-14/h1-2,12-14H,3-11H2. The van der Waals surface area contributed by atoms with Crippen molar-refractivity contribution in [2.75, 3.05) is 26.4 Å². The van der Waals surface area contributed by atoms with E-state index in [2.05, 4.69) is 0 Å². The monoisotopic (exact) mass is 293 g/mol. The molecule has 0 bridgehead atoms. The summed E-state index contributed by atoms with van der Waals surface area (Å²) in [6.07, 6.45) is 8.66. The number of hydrogen-bond acceptors (Lipinski definition) is 4. The molecule has 0 radical (unpaired) electrons. The molecular weight excluding hydrogens is 270 g/mol. The van der Waals surface area contributed by atoms with Crippen molar-refractivity contribution in [2.24, 2.45) is 17.8 Å². The zero-order valence-corrected chi connectivity index (χ0v) is 12.3. The fourth-order valence-electron chi connectivity index (χ4n) is 3.66. The Morgan fingerprint density at radius 3 is 2.52 bits per heavy atom. The molecule has 0 amide bonds. The van der Waals surface area contributed by atoms with E-state index in [1.165, 1.54) is 0 Å². The number of allylic oxidation sites excluding steroid dienone is 3. The first-order valence-corrected chi connectivity index (χ1v) is 7.92. The SMILES string of the molecule is O=[N+]([O-])C1=C(CC2CCOC2)CC(CC2CCOC2)C=C1. The second-order valence-corrected chi connectivity index (χ2v) is 6.47. The van der Waals surface area contributed by atoms with Gasteiger partial charge < -0.3 is 9.47 Å². The van der Waals surface area contributed by atoms with Crippen LogP contribution in [0.5, 0.6) is 0 Å². The summed E-state index contributed by atoms with van der Waals surface area (Å²) in [7, 11) is 0. The minimum atomic E-state index is -0.226. The fraction of sp³-hybridized carbons (Fsp3) is 0.750. The van der Waals surface area contributed by atoms with Crippen molar-refractivity contribution < 1.29 is 14.4 Å². The predicted octanol–water partition coefficient (Wildman–Crippen LogP) is 2.95. The minimum Gasteiger partial charge on any atom is -0.381 e. The fourth-order valence-corrected chi connectivity index (χ4v) is 3.66. The minimum absolute atomic E-state index is 0.226. The second kappa shape index (κ2) is 6.71. The average molecular weight is 293 g/mol. The van der Waals surface area contributed by atoms with Crippen LogP contribution in [0.3, 0.4) is 0 Å². The van der Waals surface area contributed by atoms with Crippen LogP contribution in [-0.4, -0.2) is 31.4 Å². The lowest BCUT2D eigenvalue weighted by Crippen LogP contribution is -2.16. The number of nitrogens with zero attached hydrogens (tertiary/aromatic N) is 1. The Balaban J connectivity index is 1.65. The molecule has 1 aliphatic carbocycles. The molecule has 5 heteroatoms. The van der Waals surface area contributed by atoms with Gasteiger partial charge in [0.25, 0.3) is 5.70 Å². The van der Waals surface area contributed by atoms with Crippen LogP contribution in [0.1, 0.15) is 32.1 Å². The Morgan fingerprint density at radius 1 is 1.19 bits per heavy atom. The van der Waals surface area contributed by atoms with Crippen LogP contribution >= 0.6 is 0 Å². The average Bonchev–Trinajstić information content (AvgIpc) is 3.12. The van der Waals surface area contributed by atoms with Crippen LogP contribution in [0.25, 0.3) is 0 Å². The van der Waals surface area contributed by atoms with E-state index < -0.39 is 0 Å². The second-order valence-electron chi connectivity index (χ2n) is 6.47. The third-order valence-electron chi connectivity index (χ3n) is 4.81. The maximum Gasteiger partial charge on any atom is 0.268 e. The Morgan fingerprint density at radius 2 is 1.90 bits per heavy atom. The Kier molecular flexibility index (Phi) is 4.70. The van der Waals surface area contributed by atoms with Crippen molar-refractivity contribution >= 4 is 0 Å². The van der Waals surface area contributed by atoms with E-state index in [-0.39, 0.29) is 4.92 Å². The Bertz CT molecular complexity index is 445. The normalized spacial score (nSPS) is 32.9. The highest BCUT2D eigenvalue weighted by molar-refractivity contribution is 5.26. The quantitative estimate of drug-likeness (QED) is 0.577. The number of ether oxygens (including phenoxy) is 2. The molecule has 21 heavy (non-hydrogen) atoms. The third kappa shape index (κ3) is 3.71. The molecule has 2 saturated heterocycles. The molecule has 3 rings (SSSR count). The van der Waals surface area contributed by atoms with E-state index in [1.54, 1.807) is 6.08 Å². The summed E-state index contributed by atoms with van der Waals surface area (Å²) >= 11 is 0. The number of hydrogen-bond donors (Lipinski definition) is 0. The summed E-state index contributed by atoms with van der Waals surface area (Å²) < 4.78 is 10.8. The molecule has 2 fully saturated rings. The van der Waals surface area contributed by atoms with Crippen LogP contribution in [0.2, 0.25) is 0 Å². The van der Waals surface area contributed by atoms with Gasteiger partial charge in [-0.1, -0.05) is 6.08 Å². The van der Waals surface area contributed by atoms with Crippen LogP contribution in [0, 0.1) is 27.9 Å². The first-order chi connectivity index (χ1) is 10.2. The topological polar surface area (TPSA) is 61.6 Å².